The summed E-state index contributed by atoms with van der Waals surface area (Å²) in [5, 5.41) is 0. The first-order chi connectivity index (χ1) is 6.48. The number of hydrogen-bond acceptors (Lipinski definition) is 4. The van der Waals surface area contributed by atoms with Gasteiger partial charge in [0.25, 0.3) is 9.05 Å². The average Bonchev–Trinajstić information content (AvgIpc) is 2.47. The molecule has 0 fully saturated rings. The molecule has 2 rings (SSSR count). The highest BCUT2D eigenvalue weighted by Crippen LogP contribution is 2.26. The van der Waals surface area contributed by atoms with Crippen molar-refractivity contribution in [1.29, 1.82) is 0 Å². The van der Waals surface area contributed by atoms with E-state index in [0.29, 0.717) is 15.9 Å². The Kier molecular flexibility index (Phi) is 2.21. The van der Waals surface area contributed by atoms with Crippen LogP contribution in [0.25, 0.3) is 11.0 Å². The molecule has 4 nitrogen and oxygen atoms in total. The van der Waals surface area contributed by atoms with E-state index in [1.807, 2.05) is 0 Å². The van der Waals surface area contributed by atoms with E-state index in [9.17, 15) is 8.42 Å². The summed E-state index contributed by atoms with van der Waals surface area (Å²) in [4.78, 5) is 7.15. The van der Waals surface area contributed by atoms with Crippen molar-refractivity contribution in [2.24, 2.45) is 0 Å². The number of rotatable bonds is 1. The van der Waals surface area contributed by atoms with E-state index >= 15 is 0 Å². The second-order valence-corrected chi connectivity index (χ2v) is 5.73. The molecule has 1 aromatic heterocycles. The summed E-state index contributed by atoms with van der Waals surface area (Å²) < 4.78 is 22.3. The molecule has 0 aliphatic rings. The molecule has 0 atom stereocenters. The normalized spacial score (nSPS) is 12.1. The minimum absolute atomic E-state index is 0.0251. The van der Waals surface area contributed by atoms with Crippen molar-refractivity contribution in [2.45, 2.75) is 9.79 Å². The van der Waals surface area contributed by atoms with Gasteiger partial charge in [-0.25, -0.2) is 13.4 Å². The standard InChI is InChI=1S/C7H5ClN2O2S2/c8-14(11,12)6-2-4(13)1-5-7(6)10-3-9-5/h1-3,13H,(H,9,10). The molecule has 0 amide bonds. The van der Waals surface area contributed by atoms with E-state index in [2.05, 4.69) is 22.6 Å². The quantitative estimate of drug-likeness (QED) is 0.597. The molecular formula is C7H5ClN2O2S2. The van der Waals surface area contributed by atoms with Gasteiger partial charge in [0.2, 0.25) is 0 Å². The zero-order chi connectivity index (χ0) is 10.3. The highest BCUT2D eigenvalue weighted by molar-refractivity contribution is 8.14. The molecule has 2 aromatic rings. The van der Waals surface area contributed by atoms with Crippen molar-refractivity contribution in [2.75, 3.05) is 0 Å². The molecule has 0 spiro atoms. The summed E-state index contributed by atoms with van der Waals surface area (Å²) in [6.45, 7) is 0. The summed E-state index contributed by atoms with van der Waals surface area (Å²) in [7, 11) is 1.47. The lowest BCUT2D eigenvalue weighted by atomic mass is 10.3. The number of nitrogens with zero attached hydrogens (tertiary/aromatic N) is 1. The van der Waals surface area contributed by atoms with E-state index in [-0.39, 0.29) is 4.90 Å². The lowest BCUT2D eigenvalue weighted by Gasteiger charge is -1.98. The van der Waals surface area contributed by atoms with Gasteiger partial charge >= 0.3 is 0 Å². The summed E-state index contributed by atoms with van der Waals surface area (Å²) >= 11 is 4.07. The lowest BCUT2D eigenvalue weighted by molar-refractivity contribution is 0.610. The van der Waals surface area contributed by atoms with E-state index in [0.717, 1.165) is 0 Å². The Morgan fingerprint density at radius 1 is 1.43 bits per heavy atom. The van der Waals surface area contributed by atoms with Crippen LogP contribution in [0, 0.1) is 0 Å². The average molecular weight is 249 g/mol. The number of imidazole rings is 1. The third-order valence-corrected chi connectivity index (χ3v) is 3.33. The van der Waals surface area contributed by atoms with Crippen LogP contribution in [0.15, 0.2) is 28.3 Å². The third-order valence-electron chi connectivity index (χ3n) is 1.74. The number of fused-ring (bicyclic) bond motifs is 1. The van der Waals surface area contributed by atoms with Crippen LogP contribution in [-0.2, 0) is 9.05 Å². The van der Waals surface area contributed by atoms with E-state index < -0.39 is 9.05 Å². The molecule has 1 aromatic carbocycles. The molecule has 1 heterocycles. The van der Waals surface area contributed by atoms with Crippen molar-refractivity contribution >= 4 is 43.4 Å². The van der Waals surface area contributed by atoms with E-state index in [1.54, 1.807) is 6.07 Å². The van der Waals surface area contributed by atoms with Crippen molar-refractivity contribution in [1.82, 2.24) is 9.97 Å². The largest absolute Gasteiger partial charge is 0.345 e. The maximum absolute atomic E-state index is 11.2. The Hall–Kier alpha value is -0.720. The van der Waals surface area contributed by atoms with Gasteiger partial charge in [-0.15, -0.1) is 12.6 Å². The number of thiol groups is 1. The van der Waals surface area contributed by atoms with Crippen molar-refractivity contribution in [3.05, 3.63) is 18.5 Å². The SMILES string of the molecule is O=S(=O)(Cl)c1cc(S)cc2[nH]cnc12. The van der Waals surface area contributed by atoms with Crippen LogP contribution in [0.5, 0.6) is 0 Å². The summed E-state index contributed by atoms with van der Waals surface area (Å²) in [5.41, 5.74) is 0.925. The highest BCUT2D eigenvalue weighted by atomic mass is 35.7. The second-order valence-electron chi connectivity index (χ2n) is 2.68. The Balaban J connectivity index is 2.94. The van der Waals surface area contributed by atoms with Crippen LogP contribution in [-0.4, -0.2) is 18.4 Å². The van der Waals surface area contributed by atoms with Gasteiger partial charge in [-0.05, 0) is 12.1 Å². The maximum Gasteiger partial charge on any atom is 0.263 e. The number of halogens is 1. The molecule has 1 N–H and O–H groups in total. The monoisotopic (exact) mass is 248 g/mol. The van der Waals surface area contributed by atoms with E-state index in [1.165, 1.54) is 12.4 Å². The molecule has 0 radical (unpaired) electrons. The number of nitrogens with one attached hydrogen (secondary N) is 1. The van der Waals surface area contributed by atoms with Crippen molar-refractivity contribution in [3.63, 3.8) is 0 Å². The number of aromatic nitrogens is 2. The zero-order valence-electron chi connectivity index (χ0n) is 6.73. The van der Waals surface area contributed by atoms with Crippen molar-refractivity contribution in [3.8, 4) is 0 Å². The van der Waals surface area contributed by atoms with Gasteiger partial charge in [-0.1, -0.05) is 0 Å². The van der Waals surface area contributed by atoms with Gasteiger partial charge in [-0.3, -0.25) is 0 Å². The third kappa shape index (κ3) is 1.60. The number of aromatic amines is 1. The van der Waals surface area contributed by atoms with Crippen LogP contribution >= 0.6 is 23.3 Å². The molecule has 74 valence electrons. The van der Waals surface area contributed by atoms with Crippen LogP contribution in [0.2, 0.25) is 0 Å². The van der Waals surface area contributed by atoms with Gasteiger partial charge in [0, 0.05) is 15.6 Å². The molecule has 0 unspecified atom stereocenters. The Labute approximate surface area is 90.1 Å². The minimum atomic E-state index is -3.78. The predicted molar refractivity (Wildman–Crippen MR) is 56.4 cm³/mol. The fraction of sp³-hybridized carbons (Fsp3) is 0. The van der Waals surface area contributed by atoms with Gasteiger partial charge < -0.3 is 4.98 Å². The molecule has 0 saturated carbocycles. The fourth-order valence-electron chi connectivity index (χ4n) is 1.19. The molecular weight excluding hydrogens is 244 g/mol. The predicted octanol–water partition coefficient (Wildman–Crippen LogP) is 1.78. The maximum atomic E-state index is 11.2. The topological polar surface area (TPSA) is 62.8 Å². The van der Waals surface area contributed by atoms with Crippen LogP contribution in [0.1, 0.15) is 0 Å². The molecule has 0 aliphatic carbocycles. The summed E-state index contributed by atoms with van der Waals surface area (Å²) in [6, 6.07) is 3.05. The Morgan fingerprint density at radius 2 is 2.14 bits per heavy atom. The summed E-state index contributed by atoms with van der Waals surface area (Å²) in [6.07, 6.45) is 1.41. The first-order valence-corrected chi connectivity index (χ1v) is 6.35. The number of H-pyrrole nitrogens is 1. The second kappa shape index (κ2) is 3.15. The minimum Gasteiger partial charge on any atom is -0.345 e. The van der Waals surface area contributed by atoms with Crippen LogP contribution < -0.4 is 0 Å². The molecule has 0 saturated heterocycles. The van der Waals surface area contributed by atoms with Gasteiger partial charge in [0.05, 0.1) is 11.8 Å². The lowest BCUT2D eigenvalue weighted by Crippen LogP contribution is -1.92. The number of benzene rings is 1. The molecule has 7 heteroatoms. The van der Waals surface area contributed by atoms with Crippen LogP contribution in [0.3, 0.4) is 0 Å². The highest BCUT2D eigenvalue weighted by Gasteiger charge is 2.16. The Morgan fingerprint density at radius 3 is 2.79 bits per heavy atom. The molecule has 14 heavy (non-hydrogen) atoms. The van der Waals surface area contributed by atoms with Crippen molar-refractivity contribution < 1.29 is 8.42 Å². The van der Waals surface area contributed by atoms with E-state index in [4.69, 9.17) is 10.7 Å². The zero-order valence-corrected chi connectivity index (χ0v) is 9.20. The summed E-state index contributed by atoms with van der Waals surface area (Å²) in [5.74, 6) is 0. The smallest absolute Gasteiger partial charge is 0.263 e. The first-order valence-electron chi connectivity index (χ1n) is 3.59. The van der Waals surface area contributed by atoms with Gasteiger partial charge in [0.15, 0.2) is 0 Å². The number of hydrogen-bond donors (Lipinski definition) is 2. The fourth-order valence-corrected chi connectivity index (χ4v) is 2.55. The van der Waals surface area contributed by atoms with Gasteiger partial charge in [0.1, 0.15) is 10.4 Å². The molecule has 0 bridgehead atoms. The Bertz CT molecular complexity index is 591. The molecule has 0 aliphatic heterocycles. The van der Waals surface area contributed by atoms with Gasteiger partial charge in [-0.2, -0.15) is 0 Å². The first kappa shape index (κ1) is 9.82. The van der Waals surface area contributed by atoms with Crippen LogP contribution in [0.4, 0.5) is 0 Å².